The standard InChI is InChI=1S/C18H15F3N4O3S/c1-16(2)8-25-11-10(13(27)23-15(25)29-16)17(14(28)22-11,18(19,20)21)24-12(26)9-6-4-3-5-7-9/h3-7H,8H2,1-2H3,(H,22,28)(H,24,26). The summed E-state index contributed by atoms with van der Waals surface area (Å²) in [6.45, 7) is 3.92. The third-order valence-corrected chi connectivity index (χ3v) is 5.94. The van der Waals surface area contributed by atoms with Crippen molar-refractivity contribution >= 4 is 29.4 Å². The number of nitrogens with one attached hydrogen (secondary N) is 2. The Balaban J connectivity index is 1.91. The highest BCUT2D eigenvalue weighted by molar-refractivity contribution is 8.00. The molecule has 1 aromatic carbocycles. The van der Waals surface area contributed by atoms with Crippen molar-refractivity contribution in [2.24, 2.45) is 0 Å². The zero-order valence-corrected chi connectivity index (χ0v) is 16.1. The molecule has 2 amide bonds. The molecule has 0 bridgehead atoms. The smallest absolute Gasteiger partial charge is 0.326 e. The zero-order valence-electron chi connectivity index (χ0n) is 15.3. The molecule has 0 radical (unpaired) electrons. The lowest BCUT2D eigenvalue weighted by Crippen LogP contribution is -2.61. The summed E-state index contributed by atoms with van der Waals surface area (Å²) in [5.41, 5.74) is -5.73. The maximum atomic E-state index is 14.2. The van der Waals surface area contributed by atoms with E-state index in [-0.39, 0.29) is 23.1 Å². The first-order valence-corrected chi connectivity index (χ1v) is 9.38. The molecule has 3 heterocycles. The van der Waals surface area contributed by atoms with Crippen molar-refractivity contribution in [2.75, 3.05) is 5.32 Å². The number of benzene rings is 1. The lowest BCUT2D eigenvalue weighted by molar-refractivity contribution is -0.196. The maximum Gasteiger partial charge on any atom is 0.425 e. The summed E-state index contributed by atoms with van der Waals surface area (Å²) in [4.78, 5) is 41.6. The molecule has 11 heteroatoms. The topological polar surface area (TPSA) is 93.1 Å². The zero-order chi connectivity index (χ0) is 21.2. The quantitative estimate of drug-likeness (QED) is 0.722. The number of carbonyl (C=O) groups excluding carboxylic acids is 2. The number of carbonyl (C=O) groups is 2. The Labute approximate surface area is 166 Å². The van der Waals surface area contributed by atoms with Crippen molar-refractivity contribution in [1.82, 2.24) is 14.9 Å². The number of halogens is 3. The molecular formula is C18H15F3N4O3S. The van der Waals surface area contributed by atoms with Gasteiger partial charge in [-0.15, -0.1) is 0 Å². The number of hydrogen-bond acceptors (Lipinski definition) is 5. The van der Waals surface area contributed by atoms with E-state index in [9.17, 15) is 27.6 Å². The van der Waals surface area contributed by atoms with Crippen LogP contribution < -0.4 is 16.2 Å². The predicted molar refractivity (Wildman–Crippen MR) is 98.7 cm³/mol. The van der Waals surface area contributed by atoms with Crippen LogP contribution in [0, 0.1) is 0 Å². The van der Waals surface area contributed by atoms with Crippen LogP contribution >= 0.6 is 11.8 Å². The van der Waals surface area contributed by atoms with Gasteiger partial charge in [-0.05, 0) is 26.0 Å². The lowest BCUT2D eigenvalue weighted by atomic mass is 9.91. The van der Waals surface area contributed by atoms with Gasteiger partial charge in [0.15, 0.2) is 5.16 Å². The van der Waals surface area contributed by atoms with Crippen LogP contribution in [0.1, 0.15) is 29.8 Å². The molecule has 0 saturated heterocycles. The normalized spacial score (nSPS) is 22.0. The molecule has 4 rings (SSSR count). The van der Waals surface area contributed by atoms with E-state index in [0.717, 1.165) is 0 Å². The Morgan fingerprint density at radius 2 is 1.90 bits per heavy atom. The maximum absolute atomic E-state index is 14.2. The van der Waals surface area contributed by atoms with Crippen LogP contribution in [0.5, 0.6) is 0 Å². The van der Waals surface area contributed by atoms with Gasteiger partial charge in [0.1, 0.15) is 11.4 Å². The minimum Gasteiger partial charge on any atom is -0.326 e. The van der Waals surface area contributed by atoms with Crippen LogP contribution in [0.25, 0.3) is 0 Å². The SMILES string of the molecule is CC1(C)Cn2c(nc(=O)c3c2NC(=O)C3(NC(=O)c2ccccc2)C(F)(F)F)S1. The van der Waals surface area contributed by atoms with E-state index in [1.165, 1.54) is 40.6 Å². The molecule has 1 aromatic heterocycles. The van der Waals surface area contributed by atoms with Gasteiger partial charge in [0.25, 0.3) is 22.9 Å². The van der Waals surface area contributed by atoms with Gasteiger partial charge < -0.3 is 15.2 Å². The summed E-state index contributed by atoms with van der Waals surface area (Å²) in [6.07, 6.45) is -5.27. The highest BCUT2D eigenvalue weighted by atomic mass is 32.2. The Hall–Kier alpha value is -2.82. The van der Waals surface area contributed by atoms with Crippen LogP contribution in [-0.4, -0.2) is 32.3 Å². The number of rotatable bonds is 2. The van der Waals surface area contributed by atoms with Crippen LogP contribution in [0.3, 0.4) is 0 Å². The molecule has 2 aliphatic heterocycles. The van der Waals surface area contributed by atoms with Crippen molar-refractivity contribution in [3.8, 4) is 0 Å². The third-order valence-electron chi connectivity index (χ3n) is 4.76. The van der Waals surface area contributed by atoms with Crippen molar-refractivity contribution < 1.29 is 22.8 Å². The van der Waals surface area contributed by atoms with Gasteiger partial charge in [-0.2, -0.15) is 18.2 Å². The Bertz CT molecular complexity index is 1100. The van der Waals surface area contributed by atoms with Crippen molar-refractivity contribution in [3.05, 3.63) is 51.8 Å². The number of nitrogens with zero attached hydrogens (tertiary/aromatic N) is 2. The molecule has 0 aliphatic carbocycles. The van der Waals surface area contributed by atoms with Crippen molar-refractivity contribution in [3.63, 3.8) is 0 Å². The third kappa shape index (κ3) is 2.83. The molecule has 2 N–H and O–H groups in total. The molecule has 0 saturated carbocycles. The fourth-order valence-corrected chi connectivity index (χ4v) is 4.58. The van der Waals surface area contributed by atoms with Gasteiger partial charge in [-0.25, -0.2) is 0 Å². The Morgan fingerprint density at radius 1 is 1.24 bits per heavy atom. The highest BCUT2D eigenvalue weighted by Gasteiger charge is 2.68. The monoisotopic (exact) mass is 424 g/mol. The second-order valence-corrected chi connectivity index (χ2v) is 9.07. The number of amides is 2. The highest BCUT2D eigenvalue weighted by Crippen LogP contribution is 2.49. The average molecular weight is 424 g/mol. The van der Waals surface area contributed by atoms with Gasteiger partial charge >= 0.3 is 6.18 Å². The molecule has 7 nitrogen and oxygen atoms in total. The number of aromatic nitrogens is 2. The number of fused-ring (bicyclic) bond motifs is 3. The molecule has 0 spiro atoms. The summed E-state index contributed by atoms with van der Waals surface area (Å²) in [6, 6.07) is 7.15. The van der Waals surface area contributed by atoms with Crippen LogP contribution in [-0.2, 0) is 16.9 Å². The Kier molecular flexibility index (Phi) is 4.09. The second-order valence-electron chi connectivity index (χ2n) is 7.39. The van der Waals surface area contributed by atoms with Gasteiger partial charge in [0.2, 0.25) is 0 Å². The number of thioether (sulfide) groups is 1. The van der Waals surface area contributed by atoms with E-state index < -0.39 is 39.4 Å². The van der Waals surface area contributed by atoms with E-state index >= 15 is 0 Å². The average Bonchev–Trinajstić information content (AvgIpc) is 3.09. The van der Waals surface area contributed by atoms with Crippen molar-refractivity contribution in [2.45, 2.75) is 42.0 Å². The first-order valence-electron chi connectivity index (χ1n) is 8.56. The minimum absolute atomic E-state index is 0.0803. The fourth-order valence-electron chi connectivity index (χ4n) is 3.50. The molecule has 1 atom stereocenters. The number of anilines is 1. The first-order chi connectivity index (χ1) is 13.5. The molecule has 1 unspecified atom stereocenters. The summed E-state index contributed by atoms with van der Waals surface area (Å²) < 4.78 is 43.7. The largest absolute Gasteiger partial charge is 0.425 e. The van der Waals surface area contributed by atoms with E-state index in [1.807, 2.05) is 13.8 Å². The van der Waals surface area contributed by atoms with Crippen LogP contribution in [0.4, 0.5) is 19.0 Å². The van der Waals surface area contributed by atoms with E-state index in [4.69, 9.17) is 0 Å². The molecule has 2 aliphatic rings. The van der Waals surface area contributed by atoms with E-state index in [1.54, 1.807) is 11.4 Å². The molecule has 29 heavy (non-hydrogen) atoms. The molecule has 0 fully saturated rings. The summed E-state index contributed by atoms with van der Waals surface area (Å²) >= 11 is 1.23. The molecule has 2 aromatic rings. The van der Waals surface area contributed by atoms with E-state index in [0.29, 0.717) is 0 Å². The van der Waals surface area contributed by atoms with Gasteiger partial charge in [-0.1, -0.05) is 30.0 Å². The molecular weight excluding hydrogens is 409 g/mol. The van der Waals surface area contributed by atoms with Gasteiger partial charge in [-0.3, -0.25) is 14.4 Å². The summed E-state index contributed by atoms with van der Waals surface area (Å²) in [5, 5.41) is 4.15. The number of hydrogen-bond donors (Lipinski definition) is 2. The first kappa shape index (κ1) is 19.5. The van der Waals surface area contributed by atoms with Crippen LogP contribution in [0.2, 0.25) is 0 Å². The molecule has 152 valence electrons. The lowest BCUT2D eigenvalue weighted by Gasteiger charge is -2.30. The van der Waals surface area contributed by atoms with Gasteiger partial charge in [0, 0.05) is 16.9 Å². The van der Waals surface area contributed by atoms with Gasteiger partial charge in [0.05, 0.1) is 0 Å². The second kappa shape index (κ2) is 6.09. The summed E-state index contributed by atoms with van der Waals surface area (Å²) in [7, 11) is 0. The number of alkyl halides is 3. The fraction of sp³-hybridized carbons (Fsp3) is 0.333. The summed E-state index contributed by atoms with van der Waals surface area (Å²) in [5.74, 6) is -2.96. The predicted octanol–water partition coefficient (Wildman–Crippen LogP) is 2.27. The van der Waals surface area contributed by atoms with Crippen LogP contribution in [0.15, 0.2) is 40.3 Å². The Morgan fingerprint density at radius 3 is 2.52 bits per heavy atom. The minimum atomic E-state index is -5.27. The van der Waals surface area contributed by atoms with Crippen molar-refractivity contribution in [1.29, 1.82) is 0 Å². The van der Waals surface area contributed by atoms with E-state index in [2.05, 4.69) is 10.3 Å².